The Morgan fingerprint density at radius 1 is 0.865 bits per heavy atom. The normalized spacial score (nSPS) is 15.0. The van der Waals surface area contributed by atoms with Gasteiger partial charge >= 0.3 is 5.97 Å². The molecule has 0 bridgehead atoms. The van der Waals surface area contributed by atoms with Gasteiger partial charge in [-0.15, -0.1) is 0 Å². The second-order valence-corrected chi connectivity index (χ2v) is 8.74. The Hall–Kier alpha value is -4.65. The van der Waals surface area contributed by atoms with E-state index in [2.05, 4.69) is 0 Å². The fourth-order valence-corrected chi connectivity index (χ4v) is 4.34. The summed E-state index contributed by atoms with van der Waals surface area (Å²) < 4.78 is 16.4. The first-order valence-electron chi connectivity index (χ1n) is 11.9. The van der Waals surface area contributed by atoms with Gasteiger partial charge in [-0.05, 0) is 60.0 Å². The minimum Gasteiger partial charge on any atom is -0.497 e. The monoisotopic (exact) mass is 495 g/mol. The van der Waals surface area contributed by atoms with Gasteiger partial charge in [-0.1, -0.05) is 36.4 Å². The van der Waals surface area contributed by atoms with Crippen LogP contribution in [-0.4, -0.2) is 37.9 Å². The largest absolute Gasteiger partial charge is 0.497 e. The number of benzene rings is 4. The fourth-order valence-electron chi connectivity index (χ4n) is 4.34. The molecule has 1 saturated heterocycles. The van der Waals surface area contributed by atoms with Crippen LogP contribution in [0.2, 0.25) is 0 Å². The summed E-state index contributed by atoms with van der Waals surface area (Å²) in [6.07, 6.45) is 0.0316. The molecule has 1 aliphatic rings. The van der Waals surface area contributed by atoms with Gasteiger partial charge in [-0.2, -0.15) is 0 Å². The van der Waals surface area contributed by atoms with Crippen LogP contribution in [0.15, 0.2) is 91.0 Å². The Morgan fingerprint density at radius 2 is 1.57 bits per heavy atom. The van der Waals surface area contributed by atoms with Crippen LogP contribution in [0.1, 0.15) is 16.8 Å². The van der Waals surface area contributed by atoms with Crippen molar-refractivity contribution in [3.63, 3.8) is 0 Å². The van der Waals surface area contributed by atoms with Crippen molar-refractivity contribution in [3.05, 3.63) is 96.6 Å². The topological polar surface area (TPSA) is 82.1 Å². The number of anilines is 1. The van der Waals surface area contributed by atoms with Gasteiger partial charge in [0.15, 0.2) is 12.4 Å². The van der Waals surface area contributed by atoms with E-state index in [-0.39, 0.29) is 31.3 Å². The average molecular weight is 496 g/mol. The zero-order chi connectivity index (χ0) is 25.8. The molecule has 1 amide bonds. The first-order valence-corrected chi connectivity index (χ1v) is 11.9. The van der Waals surface area contributed by atoms with Gasteiger partial charge < -0.3 is 19.1 Å². The molecule has 4 aromatic carbocycles. The molecule has 7 nitrogen and oxygen atoms in total. The lowest BCUT2D eigenvalue weighted by atomic mass is 10.1. The zero-order valence-electron chi connectivity index (χ0n) is 20.3. The van der Waals surface area contributed by atoms with Crippen molar-refractivity contribution in [1.82, 2.24) is 0 Å². The van der Waals surface area contributed by atoms with E-state index in [1.54, 1.807) is 60.5 Å². The number of nitrogens with zero attached hydrogens (tertiary/aromatic N) is 1. The second kappa shape index (κ2) is 10.5. The van der Waals surface area contributed by atoms with Gasteiger partial charge in [0.2, 0.25) is 5.91 Å². The molecule has 7 heteroatoms. The summed E-state index contributed by atoms with van der Waals surface area (Å²) in [4.78, 5) is 39.1. The molecule has 1 aliphatic heterocycles. The van der Waals surface area contributed by atoms with Crippen molar-refractivity contribution in [2.75, 3.05) is 25.2 Å². The number of hydrogen-bond acceptors (Lipinski definition) is 6. The highest BCUT2D eigenvalue weighted by molar-refractivity contribution is 6.01. The maximum atomic E-state index is 12.6. The molecule has 0 radical (unpaired) electrons. The highest BCUT2D eigenvalue weighted by Crippen LogP contribution is 2.32. The molecule has 0 unspecified atom stereocenters. The van der Waals surface area contributed by atoms with Gasteiger partial charge in [0.05, 0.1) is 13.0 Å². The minimum absolute atomic E-state index is 0.0316. The van der Waals surface area contributed by atoms with Crippen molar-refractivity contribution in [2.45, 2.75) is 6.42 Å². The zero-order valence-corrected chi connectivity index (χ0v) is 20.3. The fraction of sp³-hybridized carbons (Fsp3) is 0.167. The van der Waals surface area contributed by atoms with Crippen molar-refractivity contribution in [1.29, 1.82) is 0 Å². The average Bonchev–Trinajstić information content (AvgIpc) is 3.33. The number of Topliss-reactive ketones (excluding diaryl/α,β-unsaturated/α-hetero) is 1. The number of esters is 1. The SMILES string of the molecule is COc1ccc(C(=O)COC(=O)[C@H]2CC(=O)N(c3ccc(Oc4cccc5ccccc45)cc3)C2)cc1. The molecule has 0 saturated carbocycles. The molecule has 1 heterocycles. The third-order valence-corrected chi connectivity index (χ3v) is 6.34. The van der Waals surface area contributed by atoms with Crippen LogP contribution < -0.4 is 14.4 Å². The van der Waals surface area contributed by atoms with Crippen molar-refractivity contribution >= 4 is 34.1 Å². The predicted octanol–water partition coefficient (Wildman–Crippen LogP) is 5.42. The number of ether oxygens (including phenoxy) is 3. The van der Waals surface area contributed by atoms with Gasteiger partial charge in [0, 0.05) is 29.6 Å². The highest BCUT2D eigenvalue weighted by Gasteiger charge is 2.36. The molecule has 37 heavy (non-hydrogen) atoms. The van der Waals surface area contributed by atoms with Crippen LogP contribution in [0.25, 0.3) is 10.8 Å². The number of hydrogen-bond donors (Lipinski definition) is 0. The molecule has 0 spiro atoms. The minimum atomic E-state index is -0.636. The van der Waals surface area contributed by atoms with Crippen LogP contribution >= 0.6 is 0 Å². The lowest BCUT2D eigenvalue weighted by Crippen LogP contribution is -2.27. The van der Waals surface area contributed by atoms with E-state index in [9.17, 15) is 14.4 Å². The number of methoxy groups -OCH3 is 1. The molecule has 186 valence electrons. The Bertz CT molecular complexity index is 1440. The molecule has 5 rings (SSSR count). The number of ketones is 1. The maximum absolute atomic E-state index is 12.6. The molecule has 0 N–H and O–H groups in total. The molecule has 1 atom stereocenters. The lowest BCUT2D eigenvalue weighted by Gasteiger charge is -2.17. The van der Waals surface area contributed by atoms with E-state index in [1.165, 1.54) is 0 Å². The Kier molecular flexibility index (Phi) is 6.85. The molecular formula is C30H25NO6. The van der Waals surface area contributed by atoms with E-state index < -0.39 is 11.9 Å². The van der Waals surface area contributed by atoms with E-state index in [0.29, 0.717) is 22.7 Å². The summed E-state index contributed by atoms with van der Waals surface area (Å²) in [5.41, 5.74) is 1.09. The number of fused-ring (bicyclic) bond motifs is 1. The van der Waals surface area contributed by atoms with Crippen LogP contribution in [0.3, 0.4) is 0 Å². The Labute approximate surface area is 214 Å². The third kappa shape index (κ3) is 5.30. The lowest BCUT2D eigenvalue weighted by molar-refractivity contribution is -0.147. The van der Waals surface area contributed by atoms with E-state index >= 15 is 0 Å². The van der Waals surface area contributed by atoms with E-state index in [0.717, 1.165) is 16.5 Å². The molecule has 0 aliphatic carbocycles. The summed E-state index contributed by atoms with van der Waals surface area (Å²) in [5, 5.41) is 2.10. The quantitative estimate of drug-likeness (QED) is 0.240. The van der Waals surface area contributed by atoms with Crippen molar-refractivity contribution in [2.24, 2.45) is 5.92 Å². The standard InChI is InChI=1S/C30H25NO6/c1-35-24-13-9-21(10-14-24)27(32)19-36-30(34)22-17-29(33)31(18-22)23-11-15-25(16-12-23)37-28-8-4-6-20-5-2-3-7-26(20)28/h2-16,22H,17-19H2,1H3/t22-/m0/s1. The van der Waals surface area contributed by atoms with Crippen molar-refractivity contribution < 1.29 is 28.6 Å². The summed E-state index contributed by atoms with van der Waals surface area (Å²) in [6, 6.07) is 27.6. The second-order valence-electron chi connectivity index (χ2n) is 8.74. The molecule has 0 aromatic heterocycles. The van der Waals surface area contributed by atoms with E-state index in [4.69, 9.17) is 14.2 Å². The number of amides is 1. The van der Waals surface area contributed by atoms with Crippen LogP contribution in [0.4, 0.5) is 5.69 Å². The van der Waals surface area contributed by atoms with E-state index in [1.807, 2.05) is 42.5 Å². The van der Waals surface area contributed by atoms with Crippen LogP contribution in [0.5, 0.6) is 17.2 Å². The number of carbonyl (C=O) groups is 3. The molecule has 4 aromatic rings. The first kappa shape index (κ1) is 24.1. The van der Waals surface area contributed by atoms with Gasteiger partial charge in [0.1, 0.15) is 17.2 Å². The molecule has 1 fully saturated rings. The van der Waals surface area contributed by atoms with Gasteiger partial charge in [-0.3, -0.25) is 14.4 Å². The summed E-state index contributed by atoms with van der Waals surface area (Å²) in [7, 11) is 1.54. The Balaban J connectivity index is 1.18. The number of rotatable bonds is 8. The predicted molar refractivity (Wildman–Crippen MR) is 139 cm³/mol. The van der Waals surface area contributed by atoms with Crippen molar-refractivity contribution in [3.8, 4) is 17.2 Å². The maximum Gasteiger partial charge on any atom is 0.311 e. The summed E-state index contributed by atoms with van der Waals surface area (Å²) in [6.45, 7) is -0.187. The molecular weight excluding hydrogens is 470 g/mol. The summed E-state index contributed by atoms with van der Waals surface area (Å²) in [5.74, 6) is 0.322. The van der Waals surface area contributed by atoms with Crippen LogP contribution in [0, 0.1) is 5.92 Å². The Morgan fingerprint density at radius 3 is 2.32 bits per heavy atom. The first-order chi connectivity index (χ1) is 18.0. The van der Waals surface area contributed by atoms with Gasteiger partial charge in [-0.25, -0.2) is 0 Å². The smallest absolute Gasteiger partial charge is 0.311 e. The number of carbonyl (C=O) groups excluding carboxylic acids is 3. The summed E-state index contributed by atoms with van der Waals surface area (Å²) >= 11 is 0. The third-order valence-electron chi connectivity index (χ3n) is 6.34. The van der Waals surface area contributed by atoms with Gasteiger partial charge in [0.25, 0.3) is 0 Å². The highest BCUT2D eigenvalue weighted by atomic mass is 16.5. The van der Waals surface area contributed by atoms with Crippen LogP contribution in [-0.2, 0) is 14.3 Å².